The fraction of sp³-hybridized carbons (Fsp3) is 0.360. The lowest BCUT2D eigenvalue weighted by Gasteiger charge is -2.35. The van der Waals surface area contributed by atoms with Gasteiger partial charge in [-0.3, -0.25) is 14.7 Å². The third kappa shape index (κ3) is 4.33. The molecule has 0 unspecified atom stereocenters. The quantitative estimate of drug-likeness (QED) is 0.664. The highest BCUT2D eigenvalue weighted by Crippen LogP contribution is 2.23. The zero-order valence-electron chi connectivity index (χ0n) is 17.6. The minimum atomic E-state index is 0.101. The lowest BCUT2D eigenvalue weighted by Crippen LogP contribution is -2.48. The maximum atomic E-state index is 12.9. The number of carbonyl (C=O) groups excluding carboxylic acids is 1. The molecule has 4 rings (SSSR count). The minimum Gasteiger partial charge on any atom is -0.336 e. The van der Waals surface area contributed by atoms with Crippen LogP contribution in [0.3, 0.4) is 0 Å². The maximum Gasteiger partial charge on any atom is 0.253 e. The lowest BCUT2D eigenvalue weighted by molar-refractivity contribution is 0.0629. The highest BCUT2D eigenvalue weighted by Gasteiger charge is 2.23. The van der Waals surface area contributed by atoms with Gasteiger partial charge in [0.1, 0.15) is 0 Å². The predicted octanol–water partition coefficient (Wildman–Crippen LogP) is 4.49. The number of carbonyl (C=O) groups is 1. The Morgan fingerprint density at radius 2 is 1.62 bits per heavy atom. The molecule has 1 saturated heterocycles. The van der Waals surface area contributed by atoms with Crippen molar-refractivity contribution in [3.63, 3.8) is 0 Å². The Kier molecular flexibility index (Phi) is 5.37. The molecule has 0 aliphatic carbocycles. The van der Waals surface area contributed by atoms with Crippen molar-refractivity contribution in [2.24, 2.45) is 0 Å². The number of nitrogens with zero attached hydrogens (tertiary/aromatic N) is 3. The Bertz CT molecular complexity index is 991. The summed E-state index contributed by atoms with van der Waals surface area (Å²) in [5, 5.41) is 1.18. The van der Waals surface area contributed by atoms with Crippen LogP contribution in [0.4, 0.5) is 0 Å². The van der Waals surface area contributed by atoms with Gasteiger partial charge in [-0.15, -0.1) is 0 Å². The summed E-state index contributed by atoms with van der Waals surface area (Å²) in [5.74, 6) is 0.136. The lowest BCUT2D eigenvalue weighted by atomic mass is 9.86. The number of benzene rings is 2. The van der Waals surface area contributed by atoms with Crippen molar-refractivity contribution in [1.82, 2.24) is 14.8 Å². The molecular weight excluding hydrogens is 358 g/mol. The zero-order valence-corrected chi connectivity index (χ0v) is 17.6. The van der Waals surface area contributed by atoms with Crippen LogP contribution in [0.2, 0.25) is 0 Å². The van der Waals surface area contributed by atoms with E-state index >= 15 is 0 Å². The van der Waals surface area contributed by atoms with Gasteiger partial charge in [-0.2, -0.15) is 0 Å². The van der Waals surface area contributed by atoms with E-state index in [1.165, 1.54) is 16.5 Å². The Balaban J connectivity index is 1.38. The van der Waals surface area contributed by atoms with E-state index in [9.17, 15) is 4.79 Å². The van der Waals surface area contributed by atoms with Gasteiger partial charge in [-0.25, -0.2) is 0 Å². The second-order valence-electron chi connectivity index (χ2n) is 8.89. The van der Waals surface area contributed by atoms with Crippen molar-refractivity contribution in [1.29, 1.82) is 0 Å². The highest BCUT2D eigenvalue weighted by atomic mass is 16.2. The molecule has 0 spiro atoms. The van der Waals surface area contributed by atoms with Gasteiger partial charge < -0.3 is 4.90 Å². The molecule has 150 valence electrons. The molecule has 2 aromatic carbocycles. The summed E-state index contributed by atoms with van der Waals surface area (Å²) in [4.78, 5) is 21.8. The van der Waals surface area contributed by atoms with Crippen LogP contribution in [0.5, 0.6) is 0 Å². The first kappa shape index (κ1) is 19.6. The molecule has 1 aliphatic rings. The van der Waals surface area contributed by atoms with Crippen LogP contribution in [0, 0.1) is 0 Å². The van der Waals surface area contributed by atoms with Crippen molar-refractivity contribution in [2.45, 2.75) is 32.7 Å². The number of para-hydroxylation sites is 1. The second kappa shape index (κ2) is 7.96. The number of hydrogen-bond donors (Lipinski definition) is 0. The van der Waals surface area contributed by atoms with Crippen LogP contribution in [0.1, 0.15) is 42.3 Å². The molecule has 0 saturated carbocycles. The summed E-state index contributed by atoms with van der Waals surface area (Å²) in [5.41, 5.74) is 4.46. The van der Waals surface area contributed by atoms with E-state index in [2.05, 4.69) is 67.1 Å². The van der Waals surface area contributed by atoms with Crippen LogP contribution in [-0.4, -0.2) is 46.9 Å². The van der Waals surface area contributed by atoms with Crippen molar-refractivity contribution < 1.29 is 4.79 Å². The summed E-state index contributed by atoms with van der Waals surface area (Å²) in [6.45, 7) is 10.7. The molecule has 4 heteroatoms. The van der Waals surface area contributed by atoms with Gasteiger partial charge in [0.25, 0.3) is 5.91 Å². The van der Waals surface area contributed by atoms with Crippen LogP contribution in [-0.2, 0) is 12.0 Å². The number of piperazine rings is 1. The first-order valence-electron chi connectivity index (χ1n) is 10.4. The molecule has 3 aromatic rings. The second-order valence-corrected chi connectivity index (χ2v) is 8.89. The number of hydrogen-bond acceptors (Lipinski definition) is 3. The molecule has 1 amide bonds. The van der Waals surface area contributed by atoms with E-state index in [-0.39, 0.29) is 11.3 Å². The average Bonchev–Trinajstić information content (AvgIpc) is 2.73. The van der Waals surface area contributed by atoms with Gasteiger partial charge in [0, 0.05) is 49.9 Å². The molecule has 1 aromatic heterocycles. The molecule has 0 bridgehead atoms. The van der Waals surface area contributed by atoms with Crippen LogP contribution >= 0.6 is 0 Å². The first-order chi connectivity index (χ1) is 13.9. The van der Waals surface area contributed by atoms with Gasteiger partial charge in [0.05, 0.1) is 5.52 Å². The predicted molar refractivity (Wildman–Crippen MR) is 118 cm³/mol. The zero-order chi connectivity index (χ0) is 20.4. The largest absolute Gasteiger partial charge is 0.336 e. The molecule has 4 nitrogen and oxygen atoms in total. The number of amides is 1. The Labute approximate surface area is 173 Å². The summed E-state index contributed by atoms with van der Waals surface area (Å²) >= 11 is 0. The number of pyridine rings is 1. The topological polar surface area (TPSA) is 36.4 Å². The van der Waals surface area contributed by atoms with Crippen molar-refractivity contribution >= 4 is 16.8 Å². The first-order valence-corrected chi connectivity index (χ1v) is 10.4. The average molecular weight is 388 g/mol. The third-order valence-electron chi connectivity index (χ3n) is 5.77. The molecule has 29 heavy (non-hydrogen) atoms. The Morgan fingerprint density at radius 3 is 2.31 bits per heavy atom. The van der Waals surface area contributed by atoms with E-state index < -0.39 is 0 Å². The summed E-state index contributed by atoms with van der Waals surface area (Å²) in [6.07, 6.45) is 1.85. The van der Waals surface area contributed by atoms with Crippen LogP contribution in [0.15, 0.2) is 60.8 Å². The van der Waals surface area contributed by atoms with Crippen molar-refractivity contribution in [2.75, 3.05) is 26.2 Å². The van der Waals surface area contributed by atoms with Gasteiger partial charge in [0.15, 0.2) is 0 Å². The van der Waals surface area contributed by atoms with Gasteiger partial charge >= 0.3 is 0 Å². The number of rotatable bonds is 3. The van der Waals surface area contributed by atoms with Crippen LogP contribution in [0.25, 0.3) is 10.9 Å². The van der Waals surface area contributed by atoms with Crippen molar-refractivity contribution in [3.05, 3.63) is 77.5 Å². The third-order valence-corrected chi connectivity index (χ3v) is 5.77. The van der Waals surface area contributed by atoms with Gasteiger partial charge in [-0.05, 0) is 34.7 Å². The van der Waals surface area contributed by atoms with E-state index in [4.69, 9.17) is 0 Å². The van der Waals surface area contributed by atoms with Gasteiger partial charge in [0.2, 0.25) is 0 Å². The SMILES string of the molecule is CC(C)(C)c1ccc(C(=O)N2CCN(Cc3cccc4cccnc34)CC2)cc1. The molecule has 0 radical (unpaired) electrons. The Morgan fingerprint density at radius 1 is 0.931 bits per heavy atom. The normalized spacial score (nSPS) is 15.6. The van der Waals surface area contributed by atoms with E-state index in [0.29, 0.717) is 0 Å². The summed E-state index contributed by atoms with van der Waals surface area (Å²) in [6, 6.07) is 18.5. The van der Waals surface area contributed by atoms with E-state index in [0.717, 1.165) is 43.8 Å². The standard InChI is InChI=1S/C25H29N3O/c1-25(2,3)22-11-9-20(10-12-22)24(29)28-16-14-27(15-17-28)18-21-7-4-6-19-8-5-13-26-23(19)21/h4-13H,14-18H2,1-3H3. The molecule has 0 N–H and O–H groups in total. The van der Waals surface area contributed by atoms with Crippen LogP contribution < -0.4 is 0 Å². The molecule has 1 fully saturated rings. The molecular formula is C25H29N3O. The molecule has 2 heterocycles. The Hall–Kier alpha value is -2.72. The fourth-order valence-electron chi connectivity index (χ4n) is 3.94. The molecule has 1 aliphatic heterocycles. The summed E-state index contributed by atoms with van der Waals surface area (Å²) < 4.78 is 0. The smallest absolute Gasteiger partial charge is 0.253 e. The van der Waals surface area contributed by atoms with E-state index in [1.807, 2.05) is 29.3 Å². The van der Waals surface area contributed by atoms with Gasteiger partial charge in [-0.1, -0.05) is 57.2 Å². The minimum absolute atomic E-state index is 0.101. The monoisotopic (exact) mass is 387 g/mol. The van der Waals surface area contributed by atoms with E-state index in [1.54, 1.807) is 0 Å². The van der Waals surface area contributed by atoms with Crippen molar-refractivity contribution in [3.8, 4) is 0 Å². The maximum absolute atomic E-state index is 12.9. The highest BCUT2D eigenvalue weighted by molar-refractivity contribution is 5.94. The molecule has 0 atom stereocenters. The summed E-state index contributed by atoms with van der Waals surface area (Å²) in [7, 11) is 0. The fourth-order valence-corrected chi connectivity index (χ4v) is 3.94. The number of fused-ring (bicyclic) bond motifs is 1. The number of aromatic nitrogens is 1.